The molecule has 2 nitrogen and oxygen atoms in total. The van der Waals surface area contributed by atoms with Gasteiger partial charge < -0.3 is 0 Å². The number of rotatable bonds is 4. The summed E-state index contributed by atoms with van der Waals surface area (Å²) >= 11 is 14.3. The van der Waals surface area contributed by atoms with Gasteiger partial charge in [-0.2, -0.15) is 11.8 Å². The van der Waals surface area contributed by atoms with Crippen LogP contribution in [0.15, 0.2) is 18.2 Å². The molecule has 0 amide bonds. The molecule has 0 saturated carbocycles. The lowest BCUT2D eigenvalue weighted by Crippen LogP contribution is -2.50. The number of benzene rings is 1. The van der Waals surface area contributed by atoms with Gasteiger partial charge in [0.25, 0.3) is 0 Å². The topological polar surface area (TPSA) is 38.0 Å². The van der Waals surface area contributed by atoms with Crippen LogP contribution in [0.2, 0.25) is 10.0 Å². The average Bonchev–Trinajstić information content (AvgIpc) is 2.79. The van der Waals surface area contributed by atoms with Crippen LogP contribution >= 0.6 is 35.0 Å². The van der Waals surface area contributed by atoms with E-state index in [0.717, 1.165) is 12.0 Å². The van der Waals surface area contributed by atoms with Gasteiger partial charge in [-0.15, -0.1) is 0 Å². The normalized spacial score (nSPS) is 25.3. The highest BCUT2D eigenvalue weighted by Crippen LogP contribution is 2.41. The predicted octanol–water partition coefficient (Wildman–Crippen LogP) is 3.65. The highest BCUT2D eigenvalue weighted by atomic mass is 35.5. The maximum absolute atomic E-state index is 6.24. The number of hydrogen-bond acceptors (Lipinski definition) is 3. The summed E-state index contributed by atoms with van der Waals surface area (Å²) in [5.41, 5.74) is 4.01. The summed E-state index contributed by atoms with van der Waals surface area (Å²) in [7, 11) is 0. The zero-order valence-corrected chi connectivity index (χ0v) is 12.7. The molecule has 2 atom stereocenters. The largest absolute Gasteiger partial charge is 0.271 e. The van der Waals surface area contributed by atoms with Crippen molar-refractivity contribution in [3.8, 4) is 0 Å². The second kappa shape index (κ2) is 6.02. The van der Waals surface area contributed by atoms with E-state index in [-0.39, 0.29) is 10.8 Å². The summed E-state index contributed by atoms with van der Waals surface area (Å²) in [5.74, 6) is 6.94. The van der Waals surface area contributed by atoms with Gasteiger partial charge in [0.05, 0.1) is 10.0 Å². The van der Waals surface area contributed by atoms with Crippen molar-refractivity contribution in [2.45, 2.75) is 37.0 Å². The first-order valence-corrected chi connectivity index (χ1v) is 7.84. The van der Waals surface area contributed by atoms with Crippen molar-refractivity contribution in [1.29, 1.82) is 0 Å². The number of halogens is 2. The van der Waals surface area contributed by atoms with E-state index in [9.17, 15) is 0 Å². The van der Waals surface area contributed by atoms with E-state index in [0.29, 0.717) is 10.0 Å². The lowest BCUT2D eigenvalue weighted by atomic mass is 9.91. The molecule has 1 aliphatic rings. The van der Waals surface area contributed by atoms with Gasteiger partial charge in [-0.25, -0.2) is 0 Å². The minimum absolute atomic E-state index is 0.181. The maximum atomic E-state index is 6.24. The van der Waals surface area contributed by atoms with Crippen molar-refractivity contribution < 1.29 is 0 Å². The molecule has 2 unspecified atom stereocenters. The second-order valence-electron chi connectivity index (χ2n) is 4.90. The fourth-order valence-corrected chi connectivity index (χ4v) is 4.25. The Morgan fingerprint density at radius 1 is 1.50 bits per heavy atom. The predicted molar refractivity (Wildman–Crippen MR) is 81.4 cm³/mol. The van der Waals surface area contributed by atoms with Crippen molar-refractivity contribution in [2.24, 2.45) is 5.84 Å². The minimum Gasteiger partial charge on any atom is -0.271 e. The van der Waals surface area contributed by atoms with Crippen LogP contribution in [0.5, 0.6) is 0 Å². The van der Waals surface area contributed by atoms with Crippen molar-refractivity contribution in [1.82, 2.24) is 5.43 Å². The molecule has 1 aliphatic heterocycles. The number of nitrogens with two attached hydrogens (primary N) is 1. The zero-order chi connectivity index (χ0) is 13.2. The Hall–Kier alpha value is 0.0700. The van der Waals surface area contributed by atoms with Crippen LogP contribution in [-0.4, -0.2) is 16.5 Å². The number of thioether (sulfide) groups is 1. The maximum Gasteiger partial charge on any atom is 0.0624 e. The van der Waals surface area contributed by atoms with Crippen molar-refractivity contribution >= 4 is 35.0 Å². The molecule has 1 saturated heterocycles. The van der Waals surface area contributed by atoms with Gasteiger partial charge in [-0.3, -0.25) is 11.3 Å². The summed E-state index contributed by atoms with van der Waals surface area (Å²) in [4.78, 5) is 0. The first-order chi connectivity index (χ1) is 8.57. The fraction of sp³-hybridized carbons (Fsp3) is 0.538. The lowest BCUT2D eigenvalue weighted by molar-refractivity contribution is 0.405. The van der Waals surface area contributed by atoms with E-state index in [1.807, 2.05) is 30.0 Å². The van der Waals surface area contributed by atoms with Crippen LogP contribution < -0.4 is 11.3 Å². The van der Waals surface area contributed by atoms with Gasteiger partial charge in [0.15, 0.2) is 0 Å². The van der Waals surface area contributed by atoms with E-state index in [1.165, 1.54) is 18.6 Å². The Labute approximate surface area is 123 Å². The number of nitrogens with one attached hydrogen (secondary N) is 1. The molecule has 18 heavy (non-hydrogen) atoms. The van der Waals surface area contributed by atoms with Gasteiger partial charge in [-0.05, 0) is 43.6 Å². The molecule has 0 aromatic heterocycles. The Morgan fingerprint density at radius 2 is 2.28 bits per heavy atom. The van der Waals surface area contributed by atoms with Crippen LogP contribution in [0.1, 0.15) is 25.3 Å². The highest BCUT2D eigenvalue weighted by Gasteiger charge is 2.37. The van der Waals surface area contributed by atoms with Gasteiger partial charge in [-0.1, -0.05) is 35.3 Å². The standard InChI is InChI=1S/C13H18Cl2N2S/c1-13(6-3-7-18-13)11(17-16)8-9-4-2-5-10(14)12(9)15/h2,4-5,11,17H,3,6-8,16H2,1H3. The monoisotopic (exact) mass is 304 g/mol. The molecule has 5 heteroatoms. The molecular formula is C13H18Cl2N2S. The zero-order valence-electron chi connectivity index (χ0n) is 10.4. The molecule has 1 aromatic carbocycles. The fourth-order valence-electron chi connectivity index (χ4n) is 2.45. The van der Waals surface area contributed by atoms with Crippen molar-refractivity contribution in [3.05, 3.63) is 33.8 Å². The molecule has 100 valence electrons. The van der Waals surface area contributed by atoms with Gasteiger partial charge in [0.2, 0.25) is 0 Å². The smallest absolute Gasteiger partial charge is 0.0624 e. The van der Waals surface area contributed by atoms with Crippen LogP contribution in [0.4, 0.5) is 0 Å². The van der Waals surface area contributed by atoms with E-state index < -0.39 is 0 Å². The third kappa shape index (κ3) is 2.97. The molecule has 2 rings (SSSR count). The van der Waals surface area contributed by atoms with Crippen LogP contribution in [0.3, 0.4) is 0 Å². The van der Waals surface area contributed by atoms with Gasteiger partial charge in [0.1, 0.15) is 0 Å². The third-order valence-electron chi connectivity index (χ3n) is 3.64. The summed E-state index contributed by atoms with van der Waals surface area (Å²) in [5, 5.41) is 1.25. The molecule has 0 aliphatic carbocycles. The van der Waals surface area contributed by atoms with E-state index >= 15 is 0 Å². The van der Waals surface area contributed by atoms with E-state index in [4.69, 9.17) is 29.0 Å². The SMILES string of the molecule is CC1(C(Cc2cccc(Cl)c2Cl)NN)CCCS1. The van der Waals surface area contributed by atoms with Crippen molar-refractivity contribution in [3.63, 3.8) is 0 Å². The third-order valence-corrected chi connectivity index (χ3v) is 6.14. The van der Waals surface area contributed by atoms with Gasteiger partial charge in [0, 0.05) is 10.8 Å². The first kappa shape index (κ1) is 14.5. The summed E-state index contributed by atoms with van der Waals surface area (Å²) in [6.07, 6.45) is 3.24. The molecule has 3 N–H and O–H groups in total. The summed E-state index contributed by atoms with van der Waals surface area (Å²) in [6.45, 7) is 2.27. The molecule has 1 heterocycles. The highest BCUT2D eigenvalue weighted by molar-refractivity contribution is 8.00. The molecule has 0 radical (unpaired) electrons. The molecule has 0 bridgehead atoms. The molecule has 0 spiro atoms. The Balaban J connectivity index is 2.17. The van der Waals surface area contributed by atoms with Crippen molar-refractivity contribution in [2.75, 3.05) is 5.75 Å². The van der Waals surface area contributed by atoms with Crippen LogP contribution in [0.25, 0.3) is 0 Å². The molecule has 1 fully saturated rings. The Morgan fingerprint density at radius 3 is 2.89 bits per heavy atom. The van der Waals surface area contributed by atoms with Crippen LogP contribution in [0, 0.1) is 0 Å². The van der Waals surface area contributed by atoms with E-state index in [2.05, 4.69) is 12.3 Å². The summed E-state index contributed by atoms with van der Waals surface area (Å²) < 4.78 is 0.181. The van der Waals surface area contributed by atoms with Crippen LogP contribution in [-0.2, 0) is 6.42 Å². The minimum atomic E-state index is 0.181. The lowest BCUT2D eigenvalue weighted by Gasteiger charge is -2.33. The average molecular weight is 305 g/mol. The number of hydrazine groups is 1. The summed E-state index contributed by atoms with van der Waals surface area (Å²) in [6, 6.07) is 5.97. The molecular weight excluding hydrogens is 287 g/mol. The van der Waals surface area contributed by atoms with Gasteiger partial charge >= 0.3 is 0 Å². The number of hydrogen-bond donors (Lipinski definition) is 2. The van der Waals surface area contributed by atoms with E-state index in [1.54, 1.807) is 0 Å². The quantitative estimate of drug-likeness (QED) is 0.658. The Bertz CT molecular complexity index is 419. The molecule has 1 aromatic rings. The first-order valence-electron chi connectivity index (χ1n) is 6.10. The second-order valence-corrected chi connectivity index (χ2v) is 7.32. The Kier molecular flexibility index (Phi) is 4.84.